The van der Waals surface area contributed by atoms with Crippen LogP contribution < -0.4 is 15.0 Å². The highest BCUT2D eigenvalue weighted by atomic mass is 35.5. The Balaban J connectivity index is 0.00000150. The standard InChI is InChI=1S/C21H23N5O.3ClH/c1-27-19-10-9-18(17-7-3-4-12-22-17)24-21(19)25-20-11-8-16(15-23-20)26-13-5-2-6-14-26;;;/h3-4,7-12,15H,2,5-6,13-14H2,1H3,(H,23,24,25);3*1H. The highest BCUT2D eigenvalue weighted by Crippen LogP contribution is 2.29. The van der Waals surface area contributed by atoms with Crippen molar-refractivity contribution in [2.45, 2.75) is 19.3 Å². The van der Waals surface area contributed by atoms with Gasteiger partial charge < -0.3 is 15.0 Å². The zero-order chi connectivity index (χ0) is 18.5. The van der Waals surface area contributed by atoms with Crippen LogP contribution in [0, 0.1) is 0 Å². The molecule has 3 aromatic rings. The molecule has 4 rings (SSSR count). The Kier molecular flexibility index (Phi) is 10.7. The minimum atomic E-state index is 0. The first kappa shape index (κ1) is 25.8. The number of ether oxygens (including phenoxy) is 1. The van der Waals surface area contributed by atoms with Gasteiger partial charge in [0.2, 0.25) is 0 Å². The summed E-state index contributed by atoms with van der Waals surface area (Å²) in [5.74, 6) is 2.02. The van der Waals surface area contributed by atoms with Gasteiger partial charge in [-0.1, -0.05) is 6.07 Å². The molecule has 0 aliphatic carbocycles. The summed E-state index contributed by atoms with van der Waals surface area (Å²) in [5, 5.41) is 3.27. The summed E-state index contributed by atoms with van der Waals surface area (Å²) in [7, 11) is 1.63. The van der Waals surface area contributed by atoms with Crippen LogP contribution in [-0.2, 0) is 0 Å². The van der Waals surface area contributed by atoms with E-state index in [1.807, 2.05) is 42.6 Å². The Morgan fingerprint density at radius 1 is 0.867 bits per heavy atom. The second-order valence-electron chi connectivity index (χ2n) is 6.54. The molecule has 0 saturated carbocycles. The van der Waals surface area contributed by atoms with E-state index in [0.717, 1.165) is 30.3 Å². The highest BCUT2D eigenvalue weighted by Gasteiger charge is 2.12. The van der Waals surface area contributed by atoms with Crippen LogP contribution in [-0.4, -0.2) is 35.2 Å². The normalized spacial score (nSPS) is 12.6. The Labute approximate surface area is 195 Å². The fourth-order valence-electron chi connectivity index (χ4n) is 3.28. The Hall–Kier alpha value is -2.28. The van der Waals surface area contributed by atoms with Gasteiger partial charge in [-0.15, -0.1) is 37.2 Å². The van der Waals surface area contributed by atoms with Gasteiger partial charge in [0.25, 0.3) is 0 Å². The minimum Gasteiger partial charge on any atom is -0.493 e. The molecular weight excluding hydrogens is 445 g/mol. The predicted molar refractivity (Wildman–Crippen MR) is 129 cm³/mol. The maximum Gasteiger partial charge on any atom is 0.175 e. The zero-order valence-electron chi connectivity index (χ0n) is 16.7. The number of halogens is 3. The molecule has 9 heteroatoms. The summed E-state index contributed by atoms with van der Waals surface area (Å²) in [6.45, 7) is 2.21. The fraction of sp³-hybridized carbons (Fsp3) is 0.286. The topological polar surface area (TPSA) is 63.2 Å². The molecule has 1 fully saturated rings. The second kappa shape index (κ2) is 12.4. The largest absolute Gasteiger partial charge is 0.493 e. The van der Waals surface area contributed by atoms with Crippen LogP contribution in [0.4, 0.5) is 17.3 Å². The van der Waals surface area contributed by atoms with E-state index < -0.39 is 0 Å². The average Bonchev–Trinajstić information content (AvgIpc) is 2.75. The molecule has 0 unspecified atom stereocenters. The third-order valence-corrected chi connectivity index (χ3v) is 4.72. The first-order chi connectivity index (χ1) is 13.3. The molecule has 1 N–H and O–H groups in total. The number of piperidine rings is 1. The first-order valence-electron chi connectivity index (χ1n) is 9.28. The van der Waals surface area contributed by atoms with Crippen LogP contribution in [0.1, 0.15) is 19.3 Å². The molecule has 0 spiro atoms. The van der Waals surface area contributed by atoms with Crippen molar-refractivity contribution in [3.05, 3.63) is 54.9 Å². The van der Waals surface area contributed by atoms with Gasteiger partial charge in [0.1, 0.15) is 5.82 Å². The molecule has 0 aromatic carbocycles. The summed E-state index contributed by atoms with van der Waals surface area (Å²) in [5.41, 5.74) is 2.77. The average molecular weight is 471 g/mol. The number of aromatic nitrogens is 3. The van der Waals surface area contributed by atoms with E-state index in [4.69, 9.17) is 4.74 Å². The zero-order valence-corrected chi connectivity index (χ0v) is 19.1. The van der Waals surface area contributed by atoms with Gasteiger partial charge in [-0.2, -0.15) is 0 Å². The lowest BCUT2D eigenvalue weighted by atomic mass is 10.1. The lowest BCUT2D eigenvalue weighted by molar-refractivity contribution is 0.415. The highest BCUT2D eigenvalue weighted by molar-refractivity contribution is 5.86. The van der Waals surface area contributed by atoms with Crippen molar-refractivity contribution in [2.75, 3.05) is 30.4 Å². The molecule has 0 atom stereocenters. The smallest absolute Gasteiger partial charge is 0.175 e. The SMILES string of the molecule is COc1ccc(-c2ccccn2)nc1Nc1ccc(N2CCCCC2)cn1.Cl.Cl.Cl. The molecular formula is C21H26Cl3N5O. The van der Waals surface area contributed by atoms with E-state index in [9.17, 15) is 0 Å². The summed E-state index contributed by atoms with van der Waals surface area (Å²) in [4.78, 5) is 16.0. The lowest BCUT2D eigenvalue weighted by Gasteiger charge is -2.28. The molecule has 162 valence electrons. The van der Waals surface area contributed by atoms with Crippen molar-refractivity contribution in [3.63, 3.8) is 0 Å². The van der Waals surface area contributed by atoms with Crippen molar-refractivity contribution in [1.29, 1.82) is 0 Å². The van der Waals surface area contributed by atoms with E-state index in [1.165, 1.54) is 24.9 Å². The van der Waals surface area contributed by atoms with Crippen molar-refractivity contribution in [1.82, 2.24) is 15.0 Å². The van der Waals surface area contributed by atoms with E-state index >= 15 is 0 Å². The maximum atomic E-state index is 5.45. The number of rotatable bonds is 5. The second-order valence-corrected chi connectivity index (χ2v) is 6.54. The van der Waals surface area contributed by atoms with Crippen molar-refractivity contribution < 1.29 is 4.74 Å². The van der Waals surface area contributed by atoms with Crippen LogP contribution in [0.3, 0.4) is 0 Å². The van der Waals surface area contributed by atoms with Crippen molar-refractivity contribution >= 4 is 54.5 Å². The number of anilines is 3. The van der Waals surface area contributed by atoms with Gasteiger partial charge in [-0.05, 0) is 55.7 Å². The molecule has 6 nitrogen and oxygen atoms in total. The number of methoxy groups -OCH3 is 1. The third-order valence-electron chi connectivity index (χ3n) is 4.72. The molecule has 0 radical (unpaired) electrons. The molecule has 4 heterocycles. The molecule has 0 bridgehead atoms. The molecule has 1 aliphatic heterocycles. The summed E-state index contributed by atoms with van der Waals surface area (Å²) in [6, 6.07) is 13.7. The Morgan fingerprint density at radius 3 is 2.30 bits per heavy atom. The fourth-order valence-corrected chi connectivity index (χ4v) is 3.28. The minimum absolute atomic E-state index is 0. The van der Waals surface area contributed by atoms with Gasteiger partial charge in [-0.25, -0.2) is 9.97 Å². The summed E-state index contributed by atoms with van der Waals surface area (Å²) >= 11 is 0. The van der Waals surface area contributed by atoms with Crippen LogP contribution in [0.5, 0.6) is 5.75 Å². The predicted octanol–water partition coefficient (Wildman–Crippen LogP) is 5.55. The van der Waals surface area contributed by atoms with Crippen LogP contribution in [0.2, 0.25) is 0 Å². The van der Waals surface area contributed by atoms with E-state index in [-0.39, 0.29) is 37.2 Å². The van der Waals surface area contributed by atoms with Crippen molar-refractivity contribution in [3.8, 4) is 17.1 Å². The van der Waals surface area contributed by atoms with E-state index in [0.29, 0.717) is 11.6 Å². The number of nitrogens with zero attached hydrogens (tertiary/aromatic N) is 4. The van der Waals surface area contributed by atoms with E-state index in [2.05, 4.69) is 31.2 Å². The first-order valence-corrected chi connectivity index (χ1v) is 9.28. The molecule has 30 heavy (non-hydrogen) atoms. The lowest BCUT2D eigenvalue weighted by Crippen LogP contribution is -2.29. The molecule has 3 aromatic heterocycles. The van der Waals surface area contributed by atoms with Gasteiger partial charge >= 0.3 is 0 Å². The number of hydrogen-bond acceptors (Lipinski definition) is 6. The molecule has 1 saturated heterocycles. The molecule has 1 aliphatic rings. The van der Waals surface area contributed by atoms with Gasteiger partial charge in [0.05, 0.1) is 30.4 Å². The number of nitrogens with one attached hydrogen (secondary N) is 1. The van der Waals surface area contributed by atoms with Gasteiger partial charge in [0.15, 0.2) is 11.6 Å². The third kappa shape index (κ3) is 6.11. The maximum absolute atomic E-state index is 5.45. The quantitative estimate of drug-likeness (QED) is 0.528. The Morgan fingerprint density at radius 2 is 1.67 bits per heavy atom. The van der Waals surface area contributed by atoms with E-state index in [1.54, 1.807) is 13.3 Å². The summed E-state index contributed by atoms with van der Waals surface area (Å²) < 4.78 is 5.45. The monoisotopic (exact) mass is 469 g/mol. The van der Waals surface area contributed by atoms with Gasteiger partial charge in [-0.3, -0.25) is 4.98 Å². The number of hydrogen-bond donors (Lipinski definition) is 1. The van der Waals surface area contributed by atoms with Gasteiger partial charge in [0, 0.05) is 19.3 Å². The molecule has 0 amide bonds. The van der Waals surface area contributed by atoms with Crippen molar-refractivity contribution in [2.24, 2.45) is 0 Å². The summed E-state index contributed by atoms with van der Waals surface area (Å²) in [6.07, 6.45) is 7.50. The Bertz CT molecular complexity index is 891. The van der Waals surface area contributed by atoms with Crippen LogP contribution >= 0.6 is 37.2 Å². The van der Waals surface area contributed by atoms with Crippen LogP contribution in [0.15, 0.2) is 54.9 Å². The number of pyridine rings is 3. The van der Waals surface area contributed by atoms with Crippen LogP contribution in [0.25, 0.3) is 11.4 Å².